The normalized spacial score (nSPS) is 25.8. The molecule has 1 aliphatic heterocycles. The third-order valence-electron chi connectivity index (χ3n) is 3.23. The Kier molecular flexibility index (Phi) is 3.25. The highest BCUT2D eigenvalue weighted by atomic mass is 32.1. The summed E-state index contributed by atoms with van der Waals surface area (Å²) in [5.74, 6) is 0.126. The summed E-state index contributed by atoms with van der Waals surface area (Å²) in [5, 5.41) is 3.37. The van der Waals surface area contributed by atoms with Crippen LogP contribution < -0.4 is 5.32 Å². The Morgan fingerprint density at radius 3 is 3.00 bits per heavy atom. The summed E-state index contributed by atoms with van der Waals surface area (Å²) in [5.41, 5.74) is 2.58. The molecule has 2 unspecified atom stereocenters. The molecular formula is C11H17N3OS. The largest absolute Gasteiger partial charge is 0.332 e. The van der Waals surface area contributed by atoms with Gasteiger partial charge in [-0.05, 0) is 20.8 Å². The van der Waals surface area contributed by atoms with Crippen molar-refractivity contribution in [3.05, 3.63) is 16.1 Å². The van der Waals surface area contributed by atoms with Crippen LogP contribution in [0.3, 0.4) is 0 Å². The monoisotopic (exact) mass is 239 g/mol. The maximum atomic E-state index is 12.3. The number of aromatic nitrogens is 1. The lowest BCUT2D eigenvalue weighted by Gasteiger charge is -2.38. The van der Waals surface area contributed by atoms with Gasteiger partial charge in [0.2, 0.25) is 0 Å². The highest BCUT2D eigenvalue weighted by Gasteiger charge is 2.30. The van der Waals surface area contributed by atoms with Gasteiger partial charge in [-0.1, -0.05) is 0 Å². The van der Waals surface area contributed by atoms with Crippen LogP contribution in [0.4, 0.5) is 0 Å². The molecule has 1 N–H and O–H groups in total. The standard InChI is InChI=1S/C11H17N3OS/c1-7-9(3)14(5-4-12-7)11(15)10-8(2)13-6-16-10/h6-7,9,12H,4-5H2,1-3H3. The Morgan fingerprint density at radius 2 is 2.38 bits per heavy atom. The van der Waals surface area contributed by atoms with Crippen molar-refractivity contribution < 1.29 is 4.79 Å². The van der Waals surface area contributed by atoms with Gasteiger partial charge >= 0.3 is 0 Å². The predicted octanol–water partition coefficient (Wildman–Crippen LogP) is 1.27. The van der Waals surface area contributed by atoms with E-state index >= 15 is 0 Å². The first-order valence-corrected chi connectivity index (χ1v) is 6.43. The molecule has 2 heterocycles. The summed E-state index contributed by atoms with van der Waals surface area (Å²) < 4.78 is 0. The van der Waals surface area contributed by atoms with Gasteiger partial charge in [0.05, 0.1) is 11.2 Å². The number of nitrogens with zero attached hydrogens (tertiary/aromatic N) is 2. The second-order valence-electron chi connectivity index (χ2n) is 4.25. The third-order valence-corrected chi connectivity index (χ3v) is 4.15. The van der Waals surface area contributed by atoms with Crippen LogP contribution >= 0.6 is 11.3 Å². The van der Waals surface area contributed by atoms with E-state index in [0.717, 1.165) is 23.7 Å². The van der Waals surface area contributed by atoms with E-state index in [1.807, 2.05) is 11.8 Å². The van der Waals surface area contributed by atoms with Crippen molar-refractivity contribution in [2.75, 3.05) is 13.1 Å². The van der Waals surface area contributed by atoms with Gasteiger partial charge < -0.3 is 10.2 Å². The summed E-state index contributed by atoms with van der Waals surface area (Å²) in [6, 6.07) is 0.591. The summed E-state index contributed by atoms with van der Waals surface area (Å²) in [6.45, 7) is 7.74. The number of hydrogen-bond donors (Lipinski definition) is 1. The third kappa shape index (κ3) is 1.97. The highest BCUT2D eigenvalue weighted by molar-refractivity contribution is 7.11. The van der Waals surface area contributed by atoms with Gasteiger partial charge in [-0.15, -0.1) is 11.3 Å². The van der Waals surface area contributed by atoms with Crippen molar-refractivity contribution >= 4 is 17.2 Å². The first-order valence-electron chi connectivity index (χ1n) is 5.55. The number of amides is 1. The average molecular weight is 239 g/mol. The Balaban J connectivity index is 2.18. The smallest absolute Gasteiger partial charge is 0.266 e. The first-order chi connectivity index (χ1) is 7.61. The molecule has 2 atom stereocenters. The van der Waals surface area contributed by atoms with Crippen molar-refractivity contribution in [3.63, 3.8) is 0 Å². The second-order valence-corrected chi connectivity index (χ2v) is 5.10. The topological polar surface area (TPSA) is 45.2 Å². The van der Waals surface area contributed by atoms with E-state index in [1.165, 1.54) is 11.3 Å². The molecular weight excluding hydrogens is 222 g/mol. The number of rotatable bonds is 1. The van der Waals surface area contributed by atoms with Gasteiger partial charge in [-0.25, -0.2) is 4.98 Å². The summed E-state index contributed by atoms with van der Waals surface area (Å²) in [6.07, 6.45) is 0. The van der Waals surface area contributed by atoms with Crippen LogP contribution in [-0.4, -0.2) is 41.0 Å². The van der Waals surface area contributed by atoms with E-state index in [0.29, 0.717) is 6.04 Å². The zero-order valence-electron chi connectivity index (χ0n) is 9.86. The number of carbonyl (C=O) groups is 1. The molecule has 88 valence electrons. The lowest BCUT2D eigenvalue weighted by molar-refractivity contribution is 0.0607. The van der Waals surface area contributed by atoms with E-state index in [-0.39, 0.29) is 11.9 Å². The van der Waals surface area contributed by atoms with Crippen LogP contribution in [0.25, 0.3) is 0 Å². The number of piperazine rings is 1. The molecule has 0 spiro atoms. The molecule has 1 saturated heterocycles. The quantitative estimate of drug-likeness (QED) is 0.803. The predicted molar refractivity (Wildman–Crippen MR) is 64.8 cm³/mol. The molecule has 1 aromatic rings. The zero-order chi connectivity index (χ0) is 11.7. The maximum absolute atomic E-state index is 12.3. The van der Waals surface area contributed by atoms with Gasteiger partial charge in [0.15, 0.2) is 0 Å². The first kappa shape index (κ1) is 11.5. The van der Waals surface area contributed by atoms with Crippen LogP contribution in [0.2, 0.25) is 0 Å². The van der Waals surface area contributed by atoms with Crippen LogP contribution in [0, 0.1) is 6.92 Å². The van der Waals surface area contributed by atoms with Gasteiger partial charge in [-0.3, -0.25) is 4.79 Å². The zero-order valence-corrected chi connectivity index (χ0v) is 10.7. The fourth-order valence-electron chi connectivity index (χ4n) is 1.98. The minimum atomic E-state index is 0.126. The number of thiazole rings is 1. The molecule has 0 aliphatic carbocycles. The van der Waals surface area contributed by atoms with E-state index in [9.17, 15) is 4.79 Å². The molecule has 4 nitrogen and oxygen atoms in total. The SMILES string of the molecule is Cc1ncsc1C(=O)N1CCNC(C)C1C. The van der Waals surface area contributed by atoms with Crippen LogP contribution in [0.1, 0.15) is 29.2 Å². The van der Waals surface area contributed by atoms with E-state index < -0.39 is 0 Å². The molecule has 1 aliphatic rings. The number of nitrogens with one attached hydrogen (secondary N) is 1. The molecule has 0 saturated carbocycles. The molecule has 2 rings (SSSR count). The van der Waals surface area contributed by atoms with Gasteiger partial charge in [0.1, 0.15) is 4.88 Å². The van der Waals surface area contributed by atoms with Gasteiger partial charge in [-0.2, -0.15) is 0 Å². The summed E-state index contributed by atoms with van der Waals surface area (Å²) in [4.78, 5) is 19.2. The Bertz CT molecular complexity index is 390. The van der Waals surface area contributed by atoms with Crippen molar-refractivity contribution in [2.45, 2.75) is 32.9 Å². The molecule has 16 heavy (non-hydrogen) atoms. The molecule has 1 fully saturated rings. The molecule has 1 amide bonds. The Hall–Kier alpha value is -0.940. The van der Waals surface area contributed by atoms with E-state index in [4.69, 9.17) is 0 Å². The average Bonchev–Trinajstić information content (AvgIpc) is 2.68. The second kappa shape index (κ2) is 4.51. The minimum Gasteiger partial charge on any atom is -0.332 e. The fraction of sp³-hybridized carbons (Fsp3) is 0.636. The van der Waals surface area contributed by atoms with Crippen LogP contribution in [0.15, 0.2) is 5.51 Å². The van der Waals surface area contributed by atoms with Crippen LogP contribution in [0.5, 0.6) is 0 Å². The van der Waals surface area contributed by atoms with Crippen molar-refractivity contribution in [3.8, 4) is 0 Å². The fourth-order valence-corrected chi connectivity index (χ4v) is 2.74. The molecule has 5 heteroatoms. The minimum absolute atomic E-state index is 0.126. The van der Waals surface area contributed by atoms with Crippen LogP contribution in [-0.2, 0) is 0 Å². The molecule has 0 aromatic carbocycles. The lowest BCUT2D eigenvalue weighted by Crippen LogP contribution is -2.57. The van der Waals surface area contributed by atoms with E-state index in [2.05, 4.69) is 24.1 Å². The summed E-state index contributed by atoms with van der Waals surface area (Å²) in [7, 11) is 0. The number of aryl methyl sites for hydroxylation is 1. The number of carbonyl (C=O) groups excluding carboxylic acids is 1. The summed E-state index contributed by atoms with van der Waals surface area (Å²) >= 11 is 1.43. The Labute approximate surface area is 99.7 Å². The maximum Gasteiger partial charge on any atom is 0.266 e. The van der Waals surface area contributed by atoms with Crippen molar-refractivity contribution in [1.82, 2.24) is 15.2 Å². The molecule has 1 aromatic heterocycles. The van der Waals surface area contributed by atoms with Gasteiger partial charge in [0.25, 0.3) is 5.91 Å². The number of hydrogen-bond acceptors (Lipinski definition) is 4. The van der Waals surface area contributed by atoms with Crippen molar-refractivity contribution in [1.29, 1.82) is 0 Å². The molecule has 0 radical (unpaired) electrons. The molecule has 0 bridgehead atoms. The van der Waals surface area contributed by atoms with E-state index in [1.54, 1.807) is 5.51 Å². The lowest BCUT2D eigenvalue weighted by atomic mass is 10.1. The van der Waals surface area contributed by atoms with Crippen molar-refractivity contribution in [2.24, 2.45) is 0 Å². The Morgan fingerprint density at radius 1 is 1.62 bits per heavy atom. The van der Waals surface area contributed by atoms with Gasteiger partial charge in [0, 0.05) is 25.2 Å². The highest BCUT2D eigenvalue weighted by Crippen LogP contribution is 2.19.